The highest BCUT2D eigenvalue weighted by molar-refractivity contribution is 5.79. The fourth-order valence-corrected chi connectivity index (χ4v) is 6.23. The van der Waals surface area contributed by atoms with Crippen LogP contribution in [-0.2, 0) is 9.59 Å². The first-order chi connectivity index (χ1) is 19.3. The Morgan fingerprint density at radius 3 is 2.51 bits per heavy atom. The van der Waals surface area contributed by atoms with Gasteiger partial charge in [-0.05, 0) is 42.9 Å². The molecule has 0 bridgehead atoms. The predicted molar refractivity (Wildman–Crippen MR) is 161 cm³/mol. The van der Waals surface area contributed by atoms with Gasteiger partial charge < -0.3 is 28.7 Å². The topological polar surface area (TPSA) is 88.5 Å². The Bertz CT molecular complexity index is 1080. The highest BCUT2D eigenvalue weighted by atomic mass is 16.7. The number of carbonyl (C=O) groups excluding carboxylic acids is 1. The van der Waals surface area contributed by atoms with Crippen LogP contribution in [0.5, 0.6) is 17.2 Å². The average Bonchev–Trinajstić information content (AvgIpc) is 3.49. The molecule has 41 heavy (non-hydrogen) atoms. The lowest BCUT2D eigenvalue weighted by atomic mass is 9.77. The van der Waals surface area contributed by atoms with Crippen LogP contribution >= 0.6 is 0 Å². The molecule has 0 radical (unpaired) electrons. The number of rotatable bonds is 15. The van der Waals surface area contributed by atoms with Gasteiger partial charge in [-0.1, -0.05) is 39.3 Å². The number of ether oxygens (including phenoxy) is 3. The Balaban J connectivity index is 1.94. The van der Waals surface area contributed by atoms with Crippen molar-refractivity contribution in [3.8, 4) is 17.2 Å². The smallest absolute Gasteiger partial charge is 0.308 e. The van der Waals surface area contributed by atoms with Gasteiger partial charge in [0, 0.05) is 38.0 Å². The third-order valence-corrected chi connectivity index (χ3v) is 8.22. The maximum Gasteiger partial charge on any atom is 0.308 e. The van der Waals surface area contributed by atoms with E-state index < -0.39 is 11.9 Å². The van der Waals surface area contributed by atoms with Gasteiger partial charge in [0.05, 0.1) is 47.3 Å². The normalized spacial score (nSPS) is 21.0. The number of nitrogens with zero attached hydrogens (tertiary/aromatic N) is 3. The van der Waals surface area contributed by atoms with E-state index in [1.54, 1.807) is 7.11 Å². The maximum absolute atomic E-state index is 13.8. The summed E-state index contributed by atoms with van der Waals surface area (Å²) in [5, 5.41) is 10.6. The number of methoxy groups -OCH3 is 1. The number of hydrogen-bond acceptors (Lipinski definition) is 6. The first-order valence-corrected chi connectivity index (χ1v) is 15.0. The molecule has 0 aliphatic carbocycles. The number of carboxylic acids is 1. The molecule has 9 heteroatoms. The molecule has 1 saturated heterocycles. The van der Waals surface area contributed by atoms with Gasteiger partial charge in [0.1, 0.15) is 0 Å². The second kappa shape index (κ2) is 13.9. The minimum Gasteiger partial charge on any atom is -0.493 e. The molecule has 2 heterocycles. The molecule has 0 spiro atoms. The van der Waals surface area contributed by atoms with Crippen molar-refractivity contribution in [2.24, 2.45) is 11.3 Å². The number of fused-ring (bicyclic) bond motifs is 1. The highest BCUT2D eigenvalue weighted by Gasteiger charge is 2.49. The van der Waals surface area contributed by atoms with Crippen molar-refractivity contribution in [1.82, 2.24) is 9.80 Å². The zero-order valence-corrected chi connectivity index (χ0v) is 26.4. The highest BCUT2D eigenvalue weighted by Crippen LogP contribution is 2.48. The van der Waals surface area contributed by atoms with E-state index >= 15 is 0 Å². The lowest BCUT2D eigenvalue weighted by Crippen LogP contribution is -2.46. The summed E-state index contributed by atoms with van der Waals surface area (Å²) in [6.07, 6.45) is 7.65. The van der Waals surface area contributed by atoms with E-state index in [1.165, 1.54) is 0 Å². The Labute approximate surface area is 246 Å². The van der Waals surface area contributed by atoms with Crippen molar-refractivity contribution in [2.75, 3.05) is 67.8 Å². The summed E-state index contributed by atoms with van der Waals surface area (Å²) in [4.78, 5) is 30.9. The number of carbonyl (C=O) groups is 2. The molecule has 3 rings (SSSR count). The summed E-state index contributed by atoms with van der Waals surface area (Å²) in [7, 11) is 8.06. The summed E-state index contributed by atoms with van der Waals surface area (Å²) in [6, 6.07) is 3.43. The standard InChI is InChI=1S/C32H51N3O6/c1-9-11-14-33(15-12-16-35(5,6)7)28(36)21-34-20-24(23-17-26(39-8)30-27(18-23)40-22-41-30)29(31(37)38)25(34)19-32(3,4)13-10-2/h10,13,17-18,24-25,29H,9,11-12,14-16,19-22H2,1-8H3/p+1/b13-10+. The molecule has 3 unspecified atom stereocenters. The van der Waals surface area contributed by atoms with Gasteiger partial charge in [-0.25, -0.2) is 0 Å². The fraction of sp³-hybridized carbons (Fsp3) is 0.688. The van der Waals surface area contributed by atoms with Crippen LogP contribution in [0.4, 0.5) is 0 Å². The molecule has 1 aromatic carbocycles. The molecular weight excluding hydrogens is 522 g/mol. The van der Waals surface area contributed by atoms with Crippen LogP contribution < -0.4 is 14.2 Å². The van der Waals surface area contributed by atoms with Crippen LogP contribution in [0, 0.1) is 11.3 Å². The van der Waals surface area contributed by atoms with Crippen LogP contribution in [0.2, 0.25) is 0 Å². The van der Waals surface area contributed by atoms with Crippen LogP contribution in [0.3, 0.4) is 0 Å². The van der Waals surface area contributed by atoms with E-state index in [1.807, 2.05) is 30.0 Å². The minimum atomic E-state index is -0.853. The molecule has 1 amide bonds. The Hall–Kier alpha value is -2.78. The molecule has 1 aromatic rings. The molecule has 9 nitrogen and oxygen atoms in total. The van der Waals surface area contributed by atoms with Gasteiger partial charge in [0.25, 0.3) is 0 Å². The summed E-state index contributed by atoms with van der Waals surface area (Å²) in [6.45, 7) is 11.5. The summed E-state index contributed by atoms with van der Waals surface area (Å²) in [5.41, 5.74) is 0.593. The second-order valence-corrected chi connectivity index (χ2v) is 13.2. The number of carboxylic acid groups (broad SMARTS) is 1. The number of benzene rings is 1. The minimum absolute atomic E-state index is 0.0711. The van der Waals surface area contributed by atoms with Gasteiger partial charge in [0.15, 0.2) is 11.5 Å². The molecular formula is C32H52N3O6+. The third kappa shape index (κ3) is 8.61. The van der Waals surface area contributed by atoms with Crippen LogP contribution in [0.1, 0.15) is 64.9 Å². The van der Waals surface area contributed by atoms with E-state index in [0.29, 0.717) is 36.8 Å². The summed E-state index contributed by atoms with van der Waals surface area (Å²) in [5.74, 6) is -0.180. The zero-order valence-electron chi connectivity index (χ0n) is 26.4. The van der Waals surface area contributed by atoms with Crippen molar-refractivity contribution in [2.45, 2.75) is 65.3 Å². The molecule has 0 saturated carbocycles. The zero-order chi connectivity index (χ0) is 30.4. The molecule has 1 fully saturated rings. The number of allylic oxidation sites excluding steroid dienone is 2. The van der Waals surface area contributed by atoms with Crippen molar-refractivity contribution in [1.29, 1.82) is 0 Å². The molecule has 0 aromatic heterocycles. The van der Waals surface area contributed by atoms with Crippen LogP contribution in [0.25, 0.3) is 0 Å². The van der Waals surface area contributed by atoms with Gasteiger partial charge >= 0.3 is 5.97 Å². The van der Waals surface area contributed by atoms with E-state index in [0.717, 1.165) is 42.4 Å². The number of amides is 1. The molecule has 230 valence electrons. The van der Waals surface area contributed by atoms with Crippen molar-refractivity contribution < 1.29 is 33.4 Å². The third-order valence-electron chi connectivity index (χ3n) is 8.22. The lowest BCUT2D eigenvalue weighted by molar-refractivity contribution is -0.870. The Morgan fingerprint density at radius 1 is 1.20 bits per heavy atom. The molecule has 3 atom stereocenters. The van der Waals surface area contributed by atoms with E-state index in [-0.39, 0.29) is 36.6 Å². The number of likely N-dealkylation sites (tertiary alicyclic amines) is 1. The summed E-state index contributed by atoms with van der Waals surface area (Å²) < 4.78 is 17.7. The fourth-order valence-electron chi connectivity index (χ4n) is 6.23. The number of unbranched alkanes of at least 4 members (excludes halogenated alkanes) is 1. The van der Waals surface area contributed by atoms with Crippen molar-refractivity contribution >= 4 is 11.9 Å². The van der Waals surface area contributed by atoms with Crippen LogP contribution in [-0.4, -0.2) is 105 Å². The Morgan fingerprint density at radius 2 is 1.90 bits per heavy atom. The summed E-state index contributed by atoms with van der Waals surface area (Å²) >= 11 is 0. The number of quaternary nitrogens is 1. The van der Waals surface area contributed by atoms with Gasteiger partial charge in [-0.15, -0.1) is 0 Å². The van der Waals surface area contributed by atoms with E-state index in [9.17, 15) is 14.7 Å². The lowest BCUT2D eigenvalue weighted by Gasteiger charge is -2.34. The number of hydrogen-bond donors (Lipinski definition) is 1. The first kappa shape index (κ1) is 32.7. The van der Waals surface area contributed by atoms with Gasteiger partial charge in [0.2, 0.25) is 18.4 Å². The molecule has 2 aliphatic rings. The van der Waals surface area contributed by atoms with Crippen molar-refractivity contribution in [3.63, 3.8) is 0 Å². The first-order valence-electron chi connectivity index (χ1n) is 15.0. The van der Waals surface area contributed by atoms with Crippen molar-refractivity contribution in [3.05, 3.63) is 29.8 Å². The quantitative estimate of drug-likeness (QED) is 0.242. The monoisotopic (exact) mass is 574 g/mol. The molecule has 1 N–H and O–H groups in total. The van der Waals surface area contributed by atoms with E-state index in [2.05, 4.69) is 52.9 Å². The second-order valence-electron chi connectivity index (χ2n) is 13.2. The van der Waals surface area contributed by atoms with Gasteiger partial charge in [-0.2, -0.15) is 0 Å². The predicted octanol–water partition coefficient (Wildman–Crippen LogP) is 4.61. The molecule has 2 aliphatic heterocycles. The SMILES string of the molecule is C/C=C/C(C)(C)CC1C(C(=O)O)C(c2cc(OC)c3c(c2)OCO3)CN1CC(=O)N(CCCC)CCC[N+](C)(C)C. The van der Waals surface area contributed by atoms with Crippen LogP contribution in [0.15, 0.2) is 24.3 Å². The maximum atomic E-state index is 13.8. The Kier molecular flexibility index (Phi) is 11.1. The number of aliphatic carboxylic acids is 1. The van der Waals surface area contributed by atoms with E-state index in [4.69, 9.17) is 14.2 Å². The van der Waals surface area contributed by atoms with Gasteiger partial charge in [-0.3, -0.25) is 14.5 Å². The average molecular weight is 575 g/mol. The largest absolute Gasteiger partial charge is 0.493 e.